The Bertz CT molecular complexity index is 421. The summed E-state index contributed by atoms with van der Waals surface area (Å²) in [5, 5.41) is 11.7. The van der Waals surface area contributed by atoms with E-state index in [4.69, 9.17) is 5.26 Å². The molecule has 0 atom stereocenters. The number of hydrogen-bond acceptors (Lipinski definition) is 4. The summed E-state index contributed by atoms with van der Waals surface area (Å²) in [6.07, 6.45) is 6.24. The predicted molar refractivity (Wildman–Crippen MR) is 81.4 cm³/mol. The maximum atomic E-state index is 8.55. The summed E-state index contributed by atoms with van der Waals surface area (Å²) in [6.45, 7) is 2.20. The average molecular weight is 279 g/mol. The first kappa shape index (κ1) is 14.9. The van der Waals surface area contributed by atoms with Crippen LogP contribution in [0.15, 0.2) is 34.2 Å². The molecule has 3 nitrogen and oxygen atoms in total. The fourth-order valence-electron chi connectivity index (χ4n) is 1.24. The van der Waals surface area contributed by atoms with Gasteiger partial charge in [-0.05, 0) is 42.7 Å². The van der Waals surface area contributed by atoms with Gasteiger partial charge in [0.25, 0.3) is 0 Å². The summed E-state index contributed by atoms with van der Waals surface area (Å²) < 4.78 is 0. The minimum absolute atomic E-state index is 0.615. The Morgan fingerprint density at radius 3 is 2.67 bits per heavy atom. The second-order valence-corrected chi connectivity index (χ2v) is 5.52. The van der Waals surface area contributed by atoms with Crippen molar-refractivity contribution in [3.8, 4) is 6.19 Å². The van der Waals surface area contributed by atoms with Crippen molar-refractivity contribution in [2.45, 2.75) is 24.7 Å². The maximum absolute atomic E-state index is 8.55. The number of nitrogens with one attached hydrogen (secondary N) is 1. The highest BCUT2D eigenvalue weighted by molar-refractivity contribution is 8.13. The lowest BCUT2D eigenvalue weighted by Gasteiger charge is -2.02. The number of amidine groups is 1. The molecule has 0 aliphatic carbocycles. The molecule has 5 heteroatoms. The van der Waals surface area contributed by atoms with E-state index in [2.05, 4.69) is 29.4 Å². The number of hydrogen-bond donors (Lipinski definition) is 1. The van der Waals surface area contributed by atoms with Crippen LogP contribution in [0.1, 0.15) is 19.8 Å². The van der Waals surface area contributed by atoms with Crippen molar-refractivity contribution in [2.24, 2.45) is 4.99 Å². The lowest BCUT2D eigenvalue weighted by atomic mass is 10.3. The van der Waals surface area contributed by atoms with E-state index in [0.717, 1.165) is 11.4 Å². The van der Waals surface area contributed by atoms with E-state index in [1.165, 1.54) is 29.5 Å². The lowest BCUT2D eigenvalue weighted by molar-refractivity contribution is 0.896. The minimum atomic E-state index is 0.615. The van der Waals surface area contributed by atoms with E-state index in [1.807, 2.05) is 36.3 Å². The summed E-state index contributed by atoms with van der Waals surface area (Å²) >= 11 is 3.29. The third-order valence-corrected chi connectivity index (χ3v) is 3.87. The van der Waals surface area contributed by atoms with Crippen LogP contribution in [-0.2, 0) is 0 Å². The molecular weight excluding hydrogens is 262 g/mol. The first-order valence-electron chi connectivity index (χ1n) is 5.80. The highest BCUT2D eigenvalue weighted by atomic mass is 32.2. The van der Waals surface area contributed by atoms with Crippen molar-refractivity contribution in [3.63, 3.8) is 0 Å². The molecule has 0 fully saturated rings. The Morgan fingerprint density at radius 2 is 2.11 bits per heavy atom. The Morgan fingerprint density at radius 1 is 1.39 bits per heavy atom. The van der Waals surface area contributed by atoms with Crippen molar-refractivity contribution in [3.05, 3.63) is 24.3 Å². The second kappa shape index (κ2) is 8.90. The first-order valence-corrected chi connectivity index (χ1v) is 8.01. The first-order chi connectivity index (χ1) is 8.80. The summed E-state index contributed by atoms with van der Waals surface area (Å²) in [5.74, 6) is 1.16. The van der Waals surface area contributed by atoms with Crippen molar-refractivity contribution < 1.29 is 0 Å². The molecule has 0 saturated carbocycles. The van der Waals surface area contributed by atoms with E-state index >= 15 is 0 Å². The molecule has 96 valence electrons. The van der Waals surface area contributed by atoms with Gasteiger partial charge in [0.15, 0.2) is 11.4 Å². The van der Waals surface area contributed by atoms with Gasteiger partial charge in [0.2, 0.25) is 0 Å². The normalized spacial score (nSPS) is 11.1. The number of benzene rings is 1. The monoisotopic (exact) mass is 279 g/mol. The highest BCUT2D eigenvalue weighted by Crippen LogP contribution is 2.23. The van der Waals surface area contributed by atoms with Gasteiger partial charge < -0.3 is 0 Å². The van der Waals surface area contributed by atoms with E-state index in [9.17, 15) is 0 Å². The molecule has 0 aliphatic rings. The number of unbranched alkanes of at least 4 members (excludes halogenated alkanes) is 1. The summed E-state index contributed by atoms with van der Waals surface area (Å²) in [7, 11) is 0. The van der Waals surface area contributed by atoms with Crippen LogP contribution in [0.5, 0.6) is 0 Å². The van der Waals surface area contributed by atoms with Gasteiger partial charge in [-0.15, -0.1) is 11.8 Å². The Labute approximate surface area is 117 Å². The number of thioether (sulfide) groups is 2. The van der Waals surface area contributed by atoms with Gasteiger partial charge in [-0.3, -0.25) is 5.32 Å². The third kappa shape index (κ3) is 5.48. The Kier molecular flexibility index (Phi) is 7.38. The number of nitriles is 1. The topological polar surface area (TPSA) is 48.2 Å². The van der Waals surface area contributed by atoms with Crippen molar-refractivity contribution in [1.82, 2.24) is 5.32 Å². The molecular formula is C13H17N3S2. The highest BCUT2D eigenvalue weighted by Gasteiger charge is 1.97. The van der Waals surface area contributed by atoms with Gasteiger partial charge in [-0.25, -0.2) is 4.99 Å². The zero-order valence-corrected chi connectivity index (χ0v) is 12.3. The van der Waals surface area contributed by atoms with Crippen LogP contribution < -0.4 is 5.32 Å². The van der Waals surface area contributed by atoms with Crippen LogP contribution in [0.3, 0.4) is 0 Å². The molecule has 0 radical (unpaired) electrons. The molecule has 0 heterocycles. The SMILES string of the molecule is CCCCSc1ccc(N=C(NC#N)SC)cc1. The molecule has 1 aromatic rings. The van der Waals surface area contributed by atoms with Crippen LogP contribution in [0.4, 0.5) is 5.69 Å². The van der Waals surface area contributed by atoms with Gasteiger partial charge in [0, 0.05) is 4.90 Å². The molecule has 0 saturated heterocycles. The zero-order valence-electron chi connectivity index (χ0n) is 10.6. The average Bonchev–Trinajstić information content (AvgIpc) is 2.40. The van der Waals surface area contributed by atoms with Gasteiger partial charge in [0.1, 0.15) is 0 Å². The molecule has 0 unspecified atom stereocenters. The lowest BCUT2D eigenvalue weighted by Crippen LogP contribution is -2.12. The van der Waals surface area contributed by atoms with Crippen LogP contribution in [0.2, 0.25) is 0 Å². The fourth-order valence-corrected chi connectivity index (χ4v) is 2.58. The zero-order chi connectivity index (χ0) is 13.2. The summed E-state index contributed by atoms with van der Waals surface area (Å²) in [4.78, 5) is 5.61. The van der Waals surface area contributed by atoms with E-state index in [-0.39, 0.29) is 0 Å². The summed E-state index contributed by atoms with van der Waals surface area (Å²) in [5.41, 5.74) is 0.863. The Balaban J connectivity index is 2.62. The molecule has 0 amide bonds. The molecule has 0 aliphatic heterocycles. The molecule has 1 aromatic carbocycles. The number of rotatable bonds is 5. The van der Waals surface area contributed by atoms with Crippen molar-refractivity contribution in [2.75, 3.05) is 12.0 Å². The van der Waals surface area contributed by atoms with Crippen LogP contribution in [-0.4, -0.2) is 17.2 Å². The fraction of sp³-hybridized carbons (Fsp3) is 0.385. The molecule has 0 spiro atoms. The molecule has 1 rings (SSSR count). The largest absolute Gasteiger partial charge is 0.271 e. The van der Waals surface area contributed by atoms with Gasteiger partial charge in [-0.1, -0.05) is 25.1 Å². The van der Waals surface area contributed by atoms with Gasteiger partial charge >= 0.3 is 0 Å². The van der Waals surface area contributed by atoms with Crippen molar-refractivity contribution in [1.29, 1.82) is 5.26 Å². The second-order valence-electron chi connectivity index (χ2n) is 3.55. The molecule has 1 N–H and O–H groups in total. The summed E-state index contributed by atoms with van der Waals surface area (Å²) in [6, 6.07) is 8.10. The quantitative estimate of drug-likeness (QED) is 0.221. The molecule has 18 heavy (non-hydrogen) atoms. The smallest absolute Gasteiger partial charge is 0.183 e. The molecule has 0 aromatic heterocycles. The molecule has 0 bridgehead atoms. The van der Waals surface area contributed by atoms with Crippen LogP contribution in [0, 0.1) is 11.5 Å². The van der Waals surface area contributed by atoms with Crippen molar-refractivity contribution >= 4 is 34.4 Å². The Hall–Kier alpha value is -1.12. The minimum Gasteiger partial charge on any atom is -0.271 e. The van der Waals surface area contributed by atoms with E-state index in [1.54, 1.807) is 0 Å². The van der Waals surface area contributed by atoms with E-state index in [0.29, 0.717) is 5.17 Å². The van der Waals surface area contributed by atoms with Gasteiger partial charge in [0.05, 0.1) is 5.69 Å². The maximum Gasteiger partial charge on any atom is 0.183 e. The van der Waals surface area contributed by atoms with E-state index < -0.39 is 0 Å². The predicted octanol–water partition coefficient (Wildman–Crippen LogP) is 4.00. The third-order valence-electron chi connectivity index (χ3n) is 2.19. The van der Waals surface area contributed by atoms with Crippen LogP contribution in [0.25, 0.3) is 0 Å². The van der Waals surface area contributed by atoms with Gasteiger partial charge in [-0.2, -0.15) is 5.26 Å². The standard InChI is InChI=1S/C13H17N3S2/c1-3-4-9-18-12-7-5-11(6-8-12)16-13(17-2)15-10-14/h5-8H,3-4,9H2,1-2H3,(H,15,16). The number of nitrogens with zero attached hydrogens (tertiary/aromatic N) is 2. The number of aliphatic imine (C=N–C) groups is 1. The van der Waals surface area contributed by atoms with Crippen LogP contribution >= 0.6 is 23.5 Å².